The molecule has 3 aromatic rings. The second kappa shape index (κ2) is 9.56. The van der Waals surface area contributed by atoms with Crippen LogP contribution in [0.4, 0.5) is 11.5 Å². The van der Waals surface area contributed by atoms with Crippen LogP contribution in [0.3, 0.4) is 0 Å². The maximum absolute atomic E-state index is 12.3. The van der Waals surface area contributed by atoms with Crippen molar-refractivity contribution < 1.29 is 4.79 Å². The molecule has 0 unspecified atom stereocenters. The summed E-state index contributed by atoms with van der Waals surface area (Å²) in [6, 6.07) is 21.9. The van der Waals surface area contributed by atoms with E-state index in [4.69, 9.17) is 0 Å². The Kier molecular flexibility index (Phi) is 6.42. The van der Waals surface area contributed by atoms with Crippen LogP contribution in [0.25, 0.3) is 11.3 Å². The standard InChI is InChI=1S/C23H24N4OS/c28-23(13-16-29-20-9-2-1-3-10-20)24-19-8-6-7-18(17-19)21-11-12-22(26-25-21)27-14-4-5-15-27/h1-3,6-12,17H,4-5,13-16H2,(H,24,28). The van der Waals surface area contributed by atoms with E-state index in [1.807, 2.05) is 54.6 Å². The Morgan fingerprint density at radius 1 is 0.966 bits per heavy atom. The number of carbonyl (C=O) groups excluding carboxylic acids is 1. The smallest absolute Gasteiger partial charge is 0.225 e. The first kappa shape index (κ1) is 19.5. The third-order valence-electron chi connectivity index (χ3n) is 4.86. The van der Waals surface area contributed by atoms with Crippen molar-refractivity contribution in [2.24, 2.45) is 0 Å². The Bertz CT molecular complexity index is 941. The van der Waals surface area contributed by atoms with E-state index >= 15 is 0 Å². The van der Waals surface area contributed by atoms with Crippen molar-refractivity contribution in [3.05, 3.63) is 66.7 Å². The Hall–Kier alpha value is -2.86. The summed E-state index contributed by atoms with van der Waals surface area (Å²) in [5, 5.41) is 11.8. The molecule has 1 N–H and O–H groups in total. The predicted molar refractivity (Wildman–Crippen MR) is 119 cm³/mol. The molecule has 0 radical (unpaired) electrons. The van der Waals surface area contributed by atoms with Crippen LogP contribution in [0.5, 0.6) is 0 Å². The van der Waals surface area contributed by atoms with Crippen LogP contribution < -0.4 is 10.2 Å². The maximum Gasteiger partial charge on any atom is 0.225 e. The highest BCUT2D eigenvalue weighted by molar-refractivity contribution is 7.99. The van der Waals surface area contributed by atoms with Gasteiger partial charge in [0.05, 0.1) is 5.69 Å². The fourth-order valence-corrected chi connectivity index (χ4v) is 4.22. The van der Waals surface area contributed by atoms with Crippen LogP contribution in [0.1, 0.15) is 19.3 Å². The van der Waals surface area contributed by atoms with Gasteiger partial charge in [-0.05, 0) is 49.2 Å². The molecule has 0 aliphatic carbocycles. The molecule has 1 aliphatic rings. The Balaban J connectivity index is 1.33. The average molecular weight is 405 g/mol. The predicted octanol–water partition coefficient (Wildman–Crippen LogP) is 4.86. The zero-order valence-corrected chi connectivity index (χ0v) is 17.1. The summed E-state index contributed by atoms with van der Waals surface area (Å²) in [5.41, 5.74) is 2.54. The van der Waals surface area contributed by atoms with Crippen LogP contribution in [0, 0.1) is 0 Å². The van der Waals surface area contributed by atoms with E-state index in [2.05, 4.69) is 32.5 Å². The number of hydrogen-bond donors (Lipinski definition) is 1. The maximum atomic E-state index is 12.3. The Labute approximate surface area is 175 Å². The van der Waals surface area contributed by atoms with Crippen molar-refractivity contribution in [3.63, 3.8) is 0 Å². The van der Waals surface area contributed by atoms with Crippen LogP contribution in [-0.2, 0) is 4.79 Å². The minimum absolute atomic E-state index is 0.0149. The fourth-order valence-electron chi connectivity index (χ4n) is 3.35. The topological polar surface area (TPSA) is 58.1 Å². The van der Waals surface area contributed by atoms with Gasteiger partial charge in [-0.2, -0.15) is 0 Å². The molecule has 0 bridgehead atoms. The molecule has 1 aliphatic heterocycles. The number of benzene rings is 2. The summed E-state index contributed by atoms with van der Waals surface area (Å²) in [6.45, 7) is 2.11. The van der Waals surface area contributed by atoms with Gasteiger partial charge in [-0.1, -0.05) is 30.3 Å². The lowest BCUT2D eigenvalue weighted by molar-refractivity contribution is -0.115. The molecule has 6 heteroatoms. The summed E-state index contributed by atoms with van der Waals surface area (Å²) >= 11 is 1.69. The van der Waals surface area contributed by atoms with Gasteiger partial charge < -0.3 is 10.2 Å². The molecule has 0 saturated carbocycles. The quantitative estimate of drug-likeness (QED) is 0.570. The highest BCUT2D eigenvalue weighted by Gasteiger charge is 2.14. The molecule has 4 rings (SSSR count). The molecular weight excluding hydrogens is 380 g/mol. The molecule has 1 saturated heterocycles. The highest BCUT2D eigenvalue weighted by atomic mass is 32.2. The van der Waals surface area contributed by atoms with E-state index in [1.54, 1.807) is 11.8 Å². The normalized spacial score (nSPS) is 13.4. The van der Waals surface area contributed by atoms with Crippen molar-refractivity contribution in [1.82, 2.24) is 10.2 Å². The third-order valence-corrected chi connectivity index (χ3v) is 5.88. The monoisotopic (exact) mass is 404 g/mol. The SMILES string of the molecule is O=C(CCSc1ccccc1)Nc1cccc(-c2ccc(N3CCCC3)nn2)c1. The van der Waals surface area contributed by atoms with Crippen LogP contribution in [0.2, 0.25) is 0 Å². The summed E-state index contributed by atoms with van der Waals surface area (Å²) in [6.07, 6.45) is 2.90. The van der Waals surface area contributed by atoms with Crippen LogP contribution >= 0.6 is 11.8 Å². The van der Waals surface area contributed by atoms with Crippen molar-refractivity contribution in [3.8, 4) is 11.3 Å². The van der Waals surface area contributed by atoms with Crippen molar-refractivity contribution in [2.45, 2.75) is 24.2 Å². The van der Waals surface area contributed by atoms with E-state index in [-0.39, 0.29) is 5.91 Å². The van der Waals surface area contributed by atoms with E-state index in [1.165, 1.54) is 17.7 Å². The number of aromatic nitrogens is 2. The minimum Gasteiger partial charge on any atom is -0.355 e. The van der Waals surface area contributed by atoms with Crippen molar-refractivity contribution in [1.29, 1.82) is 0 Å². The van der Waals surface area contributed by atoms with E-state index in [0.29, 0.717) is 6.42 Å². The Morgan fingerprint density at radius 2 is 1.79 bits per heavy atom. The number of nitrogens with zero attached hydrogens (tertiary/aromatic N) is 3. The van der Waals surface area contributed by atoms with Gasteiger partial charge in [0.15, 0.2) is 5.82 Å². The van der Waals surface area contributed by atoms with E-state index in [0.717, 1.165) is 41.6 Å². The van der Waals surface area contributed by atoms with Gasteiger partial charge in [-0.15, -0.1) is 22.0 Å². The number of hydrogen-bond acceptors (Lipinski definition) is 5. The van der Waals surface area contributed by atoms with Gasteiger partial charge in [-0.3, -0.25) is 4.79 Å². The lowest BCUT2D eigenvalue weighted by atomic mass is 10.1. The van der Waals surface area contributed by atoms with Crippen LogP contribution in [-0.4, -0.2) is 34.9 Å². The van der Waals surface area contributed by atoms with Gasteiger partial charge in [0, 0.05) is 41.4 Å². The molecule has 0 atom stereocenters. The second-order valence-electron chi connectivity index (χ2n) is 7.01. The lowest BCUT2D eigenvalue weighted by Crippen LogP contribution is -2.19. The minimum atomic E-state index is 0.0149. The molecule has 1 amide bonds. The van der Waals surface area contributed by atoms with Gasteiger partial charge >= 0.3 is 0 Å². The molecule has 5 nitrogen and oxygen atoms in total. The van der Waals surface area contributed by atoms with E-state index in [9.17, 15) is 4.79 Å². The zero-order valence-electron chi connectivity index (χ0n) is 16.3. The largest absolute Gasteiger partial charge is 0.355 e. The van der Waals surface area contributed by atoms with Gasteiger partial charge in [0.2, 0.25) is 5.91 Å². The first-order chi connectivity index (χ1) is 14.3. The molecule has 1 fully saturated rings. The van der Waals surface area contributed by atoms with Gasteiger partial charge in [0.1, 0.15) is 0 Å². The molecule has 0 spiro atoms. The van der Waals surface area contributed by atoms with Crippen LogP contribution in [0.15, 0.2) is 71.6 Å². The molecule has 2 heterocycles. The number of nitrogens with one attached hydrogen (secondary N) is 1. The molecule has 2 aromatic carbocycles. The first-order valence-corrected chi connectivity index (χ1v) is 10.9. The summed E-state index contributed by atoms with van der Waals surface area (Å²) in [5.74, 6) is 1.70. The van der Waals surface area contributed by atoms with Gasteiger partial charge in [0.25, 0.3) is 0 Å². The number of amides is 1. The lowest BCUT2D eigenvalue weighted by Gasteiger charge is -2.15. The molecule has 29 heavy (non-hydrogen) atoms. The van der Waals surface area contributed by atoms with Crippen molar-refractivity contribution >= 4 is 29.2 Å². The third kappa shape index (κ3) is 5.35. The summed E-state index contributed by atoms with van der Waals surface area (Å²) < 4.78 is 0. The molecular formula is C23H24N4OS. The first-order valence-electron chi connectivity index (χ1n) is 9.95. The fraction of sp³-hybridized carbons (Fsp3) is 0.261. The average Bonchev–Trinajstić information content (AvgIpc) is 3.30. The molecule has 148 valence electrons. The highest BCUT2D eigenvalue weighted by Crippen LogP contribution is 2.24. The number of rotatable bonds is 7. The van der Waals surface area contributed by atoms with E-state index < -0.39 is 0 Å². The number of anilines is 2. The summed E-state index contributed by atoms with van der Waals surface area (Å²) in [7, 11) is 0. The Morgan fingerprint density at radius 3 is 2.55 bits per heavy atom. The van der Waals surface area contributed by atoms with Gasteiger partial charge in [-0.25, -0.2) is 0 Å². The number of thioether (sulfide) groups is 1. The molecule has 1 aromatic heterocycles. The van der Waals surface area contributed by atoms with Crippen molar-refractivity contribution in [2.75, 3.05) is 29.1 Å². The number of carbonyl (C=O) groups is 1. The zero-order chi connectivity index (χ0) is 19.9. The second-order valence-corrected chi connectivity index (χ2v) is 8.18. The summed E-state index contributed by atoms with van der Waals surface area (Å²) in [4.78, 5) is 15.7.